The van der Waals surface area contributed by atoms with Crippen molar-refractivity contribution in [3.63, 3.8) is 0 Å². The molecule has 0 aliphatic carbocycles. The number of hydrogen-bond acceptors (Lipinski definition) is 2. The molecule has 2 aromatic carbocycles. The molecule has 0 radical (unpaired) electrons. The monoisotopic (exact) mass is 293 g/mol. The molecule has 0 bridgehead atoms. The zero-order chi connectivity index (χ0) is 15.4. The lowest BCUT2D eigenvalue weighted by atomic mass is 10.0. The van der Waals surface area contributed by atoms with Gasteiger partial charge in [0, 0.05) is 11.8 Å². The molecule has 3 heteroatoms. The summed E-state index contributed by atoms with van der Waals surface area (Å²) < 4.78 is 18.3. The first-order chi connectivity index (χ1) is 10.8. The van der Waals surface area contributed by atoms with Crippen LogP contribution in [0.5, 0.6) is 5.75 Å². The molecule has 3 rings (SSSR count). The van der Waals surface area contributed by atoms with Crippen LogP contribution < -0.4 is 4.74 Å². The highest BCUT2D eigenvalue weighted by molar-refractivity contribution is 5.70. The molecule has 0 spiro atoms. The van der Waals surface area contributed by atoms with Crippen LogP contribution in [0.25, 0.3) is 22.3 Å². The predicted octanol–water partition coefficient (Wildman–Crippen LogP) is 4.95. The third-order valence-electron chi connectivity index (χ3n) is 3.44. The van der Waals surface area contributed by atoms with Gasteiger partial charge >= 0.3 is 0 Å². The Morgan fingerprint density at radius 3 is 1.77 bits per heavy atom. The SMILES string of the molecule is CCOc1ccc(-c2ccc(-c3ccc(F)nc3)cc2)cc1. The first-order valence-corrected chi connectivity index (χ1v) is 7.21. The Balaban J connectivity index is 1.83. The van der Waals surface area contributed by atoms with Crippen LogP contribution in [-0.2, 0) is 0 Å². The van der Waals surface area contributed by atoms with Gasteiger partial charge in [-0.15, -0.1) is 0 Å². The van der Waals surface area contributed by atoms with Gasteiger partial charge in [-0.25, -0.2) is 4.98 Å². The fourth-order valence-electron chi connectivity index (χ4n) is 2.31. The molecule has 0 unspecified atom stereocenters. The van der Waals surface area contributed by atoms with Crippen molar-refractivity contribution >= 4 is 0 Å². The van der Waals surface area contributed by atoms with Crippen molar-refractivity contribution in [2.75, 3.05) is 6.61 Å². The van der Waals surface area contributed by atoms with E-state index in [1.165, 1.54) is 6.07 Å². The Labute approximate surface area is 129 Å². The number of nitrogens with zero attached hydrogens (tertiary/aromatic N) is 1. The molecule has 110 valence electrons. The molecule has 0 amide bonds. The second kappa shape index (κ2) is 6.39. The van der Waals surface area contributed by atoms with E-state index in [1.54, 1.807) is 12.3 Å². The molecule has 22 heavy (non-hydrogen) atoms. The summed E-state index contributed by atoms with van der Waals surface area (Å²) in [5.74, 6) is 0.412. The summed E-state index contributed by atoms with van der Waals surface area (Å²) >= 11 is 0. The second-order valence-electron chi connectivity index (χ2n) is 4.90. The lowest BCUT2D eigenvalue weighted by molar-refractivity contribution is 0.340. The number of benzene rings is 2. The molecular formula is C19H16FNO. The van der Waals surface area contributed by atoms with Gasteiger partial charge in [0.1, 0.15) is 5.75 Å². The van der Waals surface area contributed by atoms with Gasteiger partial charge in [-0.1, -0.05) is 36.4 Å². The summed E-state index contributed by atoms with van der Waals surface area (Å²) in [6, 6.07) is 19.3. The highest BCUT2D eigenvalue weighted by Gasteiger charge is 2.02. The summed E-state index contributed by atoms with van der Waals surface area (Å²) in [4.78, 5) is 3.68. The zero-order valence-electron chi connectivity index (χ0n) is 12.3. The molecular weight excluding hydrogens is 277 g/mol. The van der Waals surface area contributed by atoms with Crippen LogP contribution >= 0.6 is 0 Å². The van der Waals surface area contributed by atoms with Crippen LogP contribution in [0.1, 0.15) is 6.92 Å². The lowest BCUT2D eigenvalue weighted by Crippen LogP contribution is -1.90. The molecule has 1 heterocycles. The summed E-state index contributed by atoms with van der Waals surface area (Å²) in [5.41, 5.74) is 4.18. The molecule has 0 aliphatic rings. The fourth-order valence-corrected chi connectivity index (χ4v) is 2.31. The van der Waals surface area contributed by atoms with Crippen LogP contribution in [0.2, 0.25) is 0 Å². The fraction of sp³-hybridized carbons (Fsp3) is 0.105. The quantitative estimate of drug-likeness (QED) is 0.635. The van der Waals surface area contributed by atoms with Crippen LogP contribution in [0.3, 0.4) is 0 Å². The van der Waals surface area contributed by atoms with Crippen LogP contribution in [0.4, 0.5) is 4.39 Å². The molecule has 0 saturated heterocycles. The maximum Gasteiger partial charge on any atom is 0.212 e. The largest absolute Gasteiger partial charge is 0.494 e. The van der Waals surface area contributed by atoms with Crippen molar-refractivity contribution in [3.05, 3.63) is 72.8 Å². The van der Waals surface area contributed by atoms with Crippen molar-refractivity contribution < 1.29 is 9.13 Å². The summed E-state index contributed by atoms with van der Waals surface area (Å²) in [6.07, 6.45) is 1.54. The summed E-state index contributed by atoms with van der Waals surface area (Å²) in [5, 5.41) is 0. The van der Waals surface area contributed by atoms with Gasteiger partial charge in [0.05, 0.1) is 6.61 Å². The molecule has 0 saturated carbocycles. The highest BCUT2D eigenvalue weighted by Crippen LogP contribution is 2.26. The van der Waals surface area contributed by atoms with Gasteiger partial charge in [0.15, 0.2) is 0 Å². The van der Waals surface area contributed by atoms with Crippen molar-refractivity contribution in [1.29, 1.82) is 0 Å². The van der Waals surface area contributed by atoms with Gasteiger partial charge in [-0.2, -0.15) is 4.39 Å². The van der Waals surface area contributed by atoms with E-state index in [-0.39, 0.29) is 0 Å². The van der Waals surface area contributed by atoms with Crippen molar-refractivity contribution in [3.8, 4) is 28.0 Å². The molecule has 1 aromatic heterocycles. The zero-order valence-corrected chi connectivity index (χ0v) is 12.3. The Bertz CT molecular complexity index is 734. The van der Waals surface area contributed by atoms with Gasteiger partial charge in [0.25, 0.3) is 0 Å². The van der Waals surface area contributed by atoms with Crippen molar-refractivity contribution in [2.24, 2.45) is 0 Å². The third-order valence-corrected chi connectivity index (χ3v) is 3.44. The molecule has 0 N–H and O–H groups in total. The van der Waals surface area contributed by atoms with E-state index in [0.29, 0.717) is 6.61 Å². The standard InChI is InChI=1S/C19H16FNO/c1-2-22-18-10-7-15(8-11-18)14-3-5-16(6-4-14)17-9-12-19(20)21-13-17/h3-13H,2H2,1H3. The predicted molar refractivity (Wildman–Crippen MR) is 86.2 cm³/mol. The number of hydrogen-bond donors (Lipinski definition) is 0. The molecule has 0 aliphatic heterocycles. The number of ether oxygens (including phenoxy) is 1. The van der Waals surface area contributed by atoms with E-state index in [2.05, 4.69) is 4.98 Å². The first kappa shape index (κ1) is 14.3. The average Bonchev–Trinajstić information content (AvgIpc) is 2.57. The number of rotatable bonds is 4. The Morgan fingerprint density at radius 2 is 1.27 bits per heavy atom. The van der Waals surface area contributed by atoms with Gasteiger partial charge in [-0.05, 0) is 47.9 Å². The Hall–Kier alpha value is -2.68. The summed E-state index contributed by atoms with van der Waals surface area (Å²) in [6.45, 7) is 2.64. The van der Waals surface area contributed by atoms with E-state index in [9.17, 15) is 4.39 Å². The van der Waals surface area contributed by atoms with E-state index in [0.717, 1.165) is 28.0 Å². The molecule has 0 atom stereocenters. The summed E-state index contributed by atoms with van der Waals surface area (Å²) in [7, 11) is 0. The maximum absolute atomic E-state index is 12.9. The molecule has 0 fully saturated rings. The minimum Gasteiger partial charge on any atom is -0.494 e. The van der Waals surface area contributed by atoms with E-state index in [1.807, 2.05) is 55.5 Å². The van der Waals surface area contributed by atoms with E-state index < -0.39 is 5.95 Å². The molecule has 2 nitrogen and oxygen atoms in total. The smallest absolute Gasteiger partial charge is 0.212 e. The van der Waals surface area contributed by atoms with Crippen molar-refractivity contribution in [2.45, 2.75) is 6.92 Å². The number of pyridine rings is 1. The topological polar surface area (TPSA) is 22.1 Å². The first-order valence-electron chi connectivity index (χ1n) is 7.21. The van der Waals surface area contributed by atoms with Crippen LogP contribution in [0, 0.1) is 5.95 Å². The van der Waals surface area contributed by atoms with E-state index >= 15 is 0 Å². The van der Waals surface area contributed by atoms with Crippen molar-refractivity contribution in [1.82, 2.24) is 4.98 Å². The minimum atomic E-state index is -0.463. The van der Waals surface area contributed by atoms with Crippen LogP contribution in [-0.4, -0.2) is 11.6 Å². The number of halogens is 1. The highest BCUT2D eigenvalue weighted by atomic mass is 19.1. The number of aromatic nitrogens is 1. The van der Waals surface area contributed by atoms with Gasteiger partial charge < -0.3 is 4.74 Å². The van der Waals surface area contributed by atoms with E-state index in [4.69, 9.17) is 4.74 Å². The normalized spacial score (nSPS) is 10.5. The second-order valence-corrected chi connectivity index (χ2v) is 4.90. The molecule has 3 aromatic rings. The van der Waals surface area contributed by atoms with Gasteiger partial charge in [-0.3, -0.25) is 0 Å². The third kappa shape index (κ3) is 3.14. The Morgan fingerprint density at radius 1 is 0.773 bits per heavy atom. The average molecular weight is 293 g/mol. The van der Waals surface area contributed by atoms with Gasteiger partial charge in [0.2, 0.25) is 5.95 Å². The van der Waals surface area contributed by atoms with Crippen LogP contribution in [0.15, 0.2) is 66.9 Å². The Kier molecular flexibility index (Phi) is 4.15. The maximum atomic E-state index is 12.9. The minimum absolute atomic E-state index is 0.463. The lowest BCUT2D eigenvalue weighted by Gasteiger charge is -2.07.